The van der Waals surface area contributed by atoms with Gasteiger partial charge in [0.1, 0.15) is 12.6 Å². The molecular formula is C14H15NO4S. The van der Waals surface area contributed by atoms with Crippen molar-refractivity contribution in [2.75, 3.05) is 18.6 Å². The molecular weight excluding hydrogens is 278 g/mol. The van der Waals surface area contributed by atoms with E-state index in [0.717, 1.165) is 4.90 Å². The molecule has 2 rings (SSSR count). The summed E-state index contributed by atoms with van der Waals surface area (Å²) < 4.78 is 5.05. The van der Waals surface area contributed by atoms with E-state index in [0.29, 0.717) is 16.9 Å². The largest absolute Gasteiger partial charge is 0.463 e. The summed E-state index contributed by atoms with van der Waals surface area (Å²) >= 11 is 1.55. The summed E-state index contributed by atoms with van der Waals surface area (Å²) in [6, 6.07) is 5.64. The fraction of sp³-hybridized carbons (Fsp3) is 0.357. The Balaban J connectivity index is 2.13. The van der Waals surface area contributed by atoms with Crippen LogP contribution in [0, 0.1) is 0 Å². The number of thioether (sulfide) groups is 1. The van der Waals surface area contributed by atoms with Gasteiger partial charge >= 0.3 is 5.97 Å². The van der Waals surface area contributed by atoms with Gasteiger partial charge in [-0.2, -0.15) is 11.8 Å². The molecule has 0 unspecified atom stereocenters. The number of benzene rings is 1. The molecule has 0 saturated carbocycles. The summed E-state index contributed by atoms with van der Waals surface area (Å²) in [5.41, 5.74) is 0.669. The van der Waals surface area contributed by atoms with Crippen LogP contribution in [0.2, 0.25) is 0 Å². The van der Waals surface area contributed by atoms with Crippen LogP contribution < -0.4 is 0 Å². The van der Waals surface area contributed by atoms with Gasteiger partial charge in [-0.1, -0.05) is 12.1 Å². The molecule has 0 bridgehead atoms. The predicted molar refractivity (Wildman–Crippen MR) is 75.7 cm³/mol. The molecule has 1 aromatic carbocycles. The molecule has 20 heavy (non-hydrogen) atoms. The Morgan fingerprint density at radius 2 is 1.80 bits per heavy atom. The number of imide groups is 1. The van der Waals surface area contributed by atoms with Crippen LogP contribution in [0.15, 0.2) is 24.3 Å². The number of carbonyl (C=O) groups excluding carboxylic acids is 3. The van der Waals surface area contributed by atoms with E-state index in [1.165, 1.54) is 6.92 Å². The second-order valence-electron chi connectivity index (χ2n) is 4.36. The smallest absolute Gasteiger partial charge is 0.329 e. The van der Waals surface area contributed by atoms with E-state index in [9.17, 15) is 14.4 Å². The highest BCUT2D eigenvalue weighted by molar-refractivity contribution is 7.98. The quantitative estimate of drug-likeness (QED) is 0.468. The molecule has 1 aliphatic heterocycles. The van der Waals surface area contributed by atoms with Crippen LogP contribution >= 0.6 is 11.8 Å². The van der Waals surface area contributed by atoms with E-state index >= 15 is 0 Å². The Kier molecular flexibility index (Phi) is 4.44. The van der Waals surface area contributed by atoms with Crippen LogP contribution in [0.25, 0.3) is 0 Å². The monoisotopic (exact) mass is 293 g/mol. The molecule has 5 nitrogen and oxygen atoms in total. The fourth-order valence-electron chi connectivity index (χ4n) is 2.01. The number of esters is 1. The van der Waals surface area contributed by atoms with Crippen molar-refractivity contribution in [1.82, 2.24) is 4.90 Å². The summed E-state index contributed by atoms with van der Waals surface area (Å²) in [5.74, 6) is -0.769. The lowest BCUT2D eigenvalue weighted by Gasteiger charge is -2.20. The van der Waals surface area contributed by atoms with Crippen molar-refractivity contribution in [3.63, 3.8) is 0 Å². The Hall–Kier alpha value is -1.82. The second-order valence-corrected chi connectivity index (χ2v) is 5.35. The minimum Gasteiger partial charge on any atom is -0.463 e. The highest BCUT2D eigenvalue weighted by Gasteiger charge is 2.41. The molecule has 0 radical (unpaired) electrons. The predicted octanol–water partition coefficient (Wildman–Crippen LogP) is 1.58. The maximum Gasteiger partial charge on any atom is 0.329 e. The van der Waals surface area contributed by atoms with Crippen LogP contribution in [0.3, 0.4) is 0 Å². The molecule has 1 aromatic rings. The van der Waals surface area contributed by atoms with E-state index in [1.54, 1.807) is 36.0 Å². The molecule has 0 aliphatic carbocycles. The summed E-state index contributed by atoms with van der Waals surface area (Å²) in [4.78, 5) is 37.2. The zero-order valence-electron chi connectivity index (χ0n) is 11.3. The number of nitrogens with zero attached hydrogens (tertiary/aromatic N) is 1. The number of carbonyl (C=O) groups is 3. The standard InChI is InChI=1S/C14H15NO4S/c1-9(14(18)19-7-8-20-2)15-12(16)10-5-3-4-6-11(10)13(15)17/h3-6,9H,7-8H2,1-2H3/t9-/m1/s1. The van der Waals surface area contributed by atoms with Gasteiger partial charge in [0.05, 0.1) is 11.1 Å². The number of amides is 2. The first-order chi connectivity index (χ1) is 9.57. The maximum atomic E-state index is 12.2. The minimum atomic E-state index is -0.913. The molecule has 0 fully saturated rings. The van der Waals surface area contributed by atoms with Gasteiger partial charge < -0.3 is 4.74 Å². The first-order valence-corrected chi connectivity index (χ1v) is 7.59. The SMILES string of the molecule is CSCCOC(=O)[C@@H](C)N1C(=O)c2ccccc2C1=O. The molecule has 1 atom stereocenters. The molecule has 0 spiro atoms. The zero-order valence-corrected chi connectivity index (χ0v) is 12.1. The van der Waals surface area contributed by atoms with Gasteiger partial charge in [-0.05, 0) is 25.3 Å². The third kappa shape index (κ3) is 2.56. The molecule has 0 N–H and O–H groups in total. The lowest BCUT2D eigenvalue weighted by molar-refractivity contribution is -0.147. The summed E-state index contributed by atoms with van der Waals surface area (Å²) in [5, 5.41) is 0. The normalized spacial score (nSPS) is 15.2. The van der Waals surface area contributed by atoms with Crippen molar-refractivity contribution in [3.8, 4) is 0 Å². The molecule has 1 heterocycles. The molecule has 0 aromatic heterocycles. The lowest BCUT2D eigenvalue weighted by atomic mass is 10.1. The van der Waals surface area contributed by atoms with Gasteiger partial charge in [-0.25, -0.2) is 4.79 Å². The van der Waals surface area contributed by atoms with Crippen molar-refractivity contribution in [2.24, 2.45) is 0 Å². The molecule has 0 saturated heterocycles. The Labute approximate surface area is 121 Å². The van der Waals surface area contributed by atoms with E-state index < -0.39 is 23.8 Å². The van der Waals surface area contributed by atoms with Gasteiger partial charge in [0, 0.05) is 5.75 Å². The maximum absolute atomic E-state index is 12.2. The van der Waals surface area contributed by atoms with Crippen LogP contribution in [0.1, 0.15) is 27.6 Å². The average Bonchev–Trinajstić information content (AvgIpc) is 2.71. The van der Waals surface area contributed by atoms with Crippen LogP contribution in [0.4, 0.5) is 0 Å². The summed E-state index contributed by atoms with van der Waals surface area (Å²) in [6.07, 6.45) is 1.90. The van der Waals surface area contributed by atoms with Crippen LogP contribution in [-0.2, 0) is 9.53 Å². The van der Waals surface area contributed by atoms with Crippen molar-refractivity contribution in [3.05, 3.63) is 35.4 Å². The number of fused-ring (bicyclic) bond motifs is 1. The average molecular weight is 293 g/mol. The molecule has 6 heteroatoms. The highest BCUT2D eigenvalue weighted by atomic mass is 32.2. The first-order valence-electron chi connectivity index (χ1n) is 6.20. The minimum absolute atomic E-state index is 0.271. The van der Waals surface area contributed by atoms with E-state index in [1.807, 2.05) is 6.26 Å². The van der Waals surface area contributed by atoms with Crippen molar-refractivity contribution < 1.29 is 19.1 Å². The highest BCUT2D eigenvalue weighted by Crippen LogP contribution is 2.24. The van der Waals surface area contributed by atoms with Gasteiger partial charge in [0.25, 0.3) is 11.8 Å². The number of ether oxygens (including phenoxy) is 1. The Morgan fingerprint density at radius 3 is 2.30 bits per heavy atom. The molecule has 1 aliphatic rings. The Bertz CT molecular complexity index is 523. The van der Waals surface area contributed by atoms with E-state index in [4.69, 9.17) is 4.74 Å². The number of hydrogen-bond donors (Lipinski definition) is 0. The van der Waals surface area contributed by atoms with Crippen LogP contribution in [0.5, 0.6) is 0 Å². The number of hydrogen-bond acceptors (Lipinski definition) is 5. The Morgan fingerprint density at radius 1 is 1.25 bits per heavy atom. The summed E-state index contributed by atoms with van der Waals surface area (Å²) in [6.45, 7) is 1.77. The summed E-state index contributed by atoms with van der Waals surface area (Å²) in [7, 11) is 0. The zero-order chi connectivity index (χ0) is 14.7. The lowest BCUT2D eigenvalue weighted by Crippen LogP contribution is -2.43. The van der Waals surface area contributed by atoms with E-state index in [-0.39, 0.29) is 6.61 Å². The van der Waals surface area contributed by atoms with E-state index in [2.05, 4.69) is 0 Å². The van der Waals surface area contributed by atoms with Gasteiger partial charge in [0.15, 0.2) is 0 Å². The first kappa shape index (κ1) is 14.6. The van der Waals surface area contributed by atoms with Crippen molar-refractivity contribution in [1.29, 1.82) is 0 Å². The van der Waals surface area contributed by atoms with Crippen molar-refractivity contribution in [2.45, 2.75) is 13.0 Å². The number of rotatable bonds is 5. The third-order valence-electron chi connectivity index (χ3n) is 3.09. The molecule has 2 amide bonds. The van der Waals surface area contributed by atoms with Crippen molar-refractivity contribution >= 4 is 29.5 Å². The molecule has 106 valence electrons. The van der Waals surface area contributed by atoms with Gasteiger partial charge in [-0.15, -0.1) is 0 Å². The fourth-order valence-corrected chi connectivity index (χ4v) is 2.26. The topological polar surface area (TPSA) is 63.7 Å². The van der Waals surface area contributed by atoms with Gasteiger partial charge in [-0.3, -0.25) is 14.5 Å². The second kappa shape index (κ2) is 6.09. The van der Waals surface area contributed by atoms with Gasteiger partial charge in [0.2, 0.25) is 0 Å². The van der Waals surface area contributed by atoms with Crippen LogP contribution in [-0.4, -0.2) is 47.3 Å². The third-order valence-corrected chi connectivity index (χ3v) is 3.66.